The molecule has 1 aromatic heterocycles. The van der Waals surface area contributed by atoms with Gasteiger partial charge < -0.3 is 0 Å². The van der Waals surface area contributed by atoms with Crippen molar-refractivity contribution in [1.29, 1.82) is 0 Å². The van der Waals surface area contributed by atoms with Gasteiger partial charge >= 0.3 is 0 Å². The van der Waals surface area contributed by atoms with Crippen LogP contribution >= 0.6 is 0 Å². The first-order valence-corrected chi connectivity index (χ1v) is 6.67. The summed E-state index contributed by atoms with van der Waals surface area (Å²) in [7, 11) is 0. The first-order chi connectivity index (χ1) is 9.93. The summed E-state index contributed by atoms with van der Waals surface area (Å²) < 4.78 is 0. The summed E-state index contributed by atoms with van der Waals surface area (Å²) in [4.78, 5) is 4.53. The van der Waals surface area contributed by atoms with Crippen LogP contribution in [0.5, 0.6) is 0 Å². The summed E-state index contributed by atoms with van der Waals surface area (Å²) in [6, 6.07) is 26.0. The minimum Gasteiger partial charge on any atom is -0.256 e. The summed E-state index contributed by atoms with van der Waals surface area (Å²) in [6.07, 6.45) is 1.95. The third kappa shape index (κ3) is 1.68. The molecule has 93 valence electrons. The van der Waals surface area contributed by atoms with Crippen LogP contribution in [0.25, 0.3) is 32.8 Å². The minimum atomic E-state index is 1.03. The zero-order valence-corrected chi connectivity index (χ0v) is 10.9. The van der Waals surface area contributed by atoms with Crippen molar-refractivity contribution in [3.8, 4) is 11.1 Å². The van der Waals surface area contributed by atoms with Crippen molar-refractivity contribution in [2.24, 2.45) is 0 Å². The lowest BCUT2D eigenvalue weighted by Crippen LogP contribution is -1.86. The number of rotatable bonds is 1. The molecule has 0 saturated heterocycles. The van der Waals surface area contributed by atoms with E-state index >= 15 is 0 Å². The molecule has 0 unspecified atom stereocenters. The molecule has 0 spiro atoms. The maximum absolute atomic E-state index is 4.53. The standard InChI is InChI=1S/C19H12N/c1-2-7-14(8-3-1)16-11-6-9-15-13-20-18-12-5-4-10-17(18)19(15)16/h1-7,9-13H. The lowest BCUT2D eigenvalue weighted by atomic mass is 9.96. The fourth-order valence-electron chi connectivity index (χ4n) is 2.70. The second-order valence-corrected chi connectivity index (χ2v) is 4.82. The van der Waals surface area contributed by atoms with Crippen LogP contribution in [0.15, 0.2) is 72.9 Å². The molecule has 0 aliphatic heterocycles. The number of nitrogens with zero attached hydrogens (tertiary/aromatic N) is 1. The van der Waals surface area contributed by atoms with Gasteiger partial charge in [0.2, 0.25) is 0 Å². The number of hydrogen-bond donors (Lipinski definition) is 0. The van der Waals surface area contributed by atoms with Crippen molar-refractivity contribution < 1.29 is 0 Å². The van der Waals surface area contributed by atoms with Crippen LogP contribution < -0.4 is 0 Å². The van der Waals surface area contributed by atoms with E-state index in [1.54, 1.807) is 0 Å². The lowest BCUT2D eigenvalue weighted by molar-refractivity contribution is 1.44. The topological polar surface area (TPSA) is 12.9 Å². The molecule has 0 atom stereocenters. The molecule has 3 aromatic carbocycles. The first kappa shape index (κ1) is 11.2. The third-order valence-electron chi connectivity index (χ3n) is 3.61. The fraction of sp³-hybridized carbons (Fsp3) is 0. The third-order valence-corrected chi connectivity index (χ3v) is 3.61. The van der Waals surface area contributed by atoms with Crippen LogP contribution in [-0.4, -0.2) is 4.98 Å². The summed E-state index contributed by atoms with van der Waals surface area (Å²) in [5.41, 5.74) is 3.36. The number of aromatic nitrogens is 1. The number of benzene rings is 3. The molecule has 0 aliphatic carbocycles. The van der Waals surface area contributed by atoms with Gasteiger partial charge in [-0.1, -0.05) is 60.7 Å². The lowest BCUT2D eigenvalue weighted by Gasteiger charge is -2.09. The van der Waals surface area contributed by atoms with E-state index in [4.69, 9.17) is 0 Å². The maximum atomic E-state index is 4.53. The van der Waals surface area contributed by atoms with E-state index in [-0.39, 0.29) is 0 Å². The molecule has 0 bridgehead atoms. The molecule has 20 heavy (non-hydrogen) atoms. The van der Waals surface area contributed by atoms with E-state index in [9.17, 15) is 0 Å². The number of fused-ring (bicyclic) bond motifs is 3. The Balaban J connectivity index is 2.19. The highest BCUT2D eigenvalue weighted by molar-refractivity contribution is 6.12. The van der Waals surface area contributed by atoms with Gasteiger partial charge in [0, 0.05) is 22.4 Å². The highest BCUT2D eigenvalue weighted by atomic mass is 14.6. The predicted molar refractivity (Wildman–Crippen MR) is 83.5 cm³/mol. The summed E-state index contributed by atoms with van der Waals surface area (Å²) in [5.74, 6) is 0. The molecule has 0 N–H and O–H groups in total. The zero-order chi connectivity index (χ0) is 13.4. The van der Waals surface area contributed by atoms with Gasteiger partial charge in [0.15, 0.2) is 0 Å². The van der Waals surface area contributed by atoms with Gasteiger partial charge in [-0.25, -0.2) is 0 Å². The van der Waals surface area contributed by atoms with Crippen LogP contribution in [-0.2, 0) is 0 Å². The van der Waals surface area contributed by atoms with Crippen molar-refractivity contribution in [1.82, 2.24) is 4.98 Å². The summed E-state index contributed by atoms with van der Waals surface area (Å²) in [6.45, 7) is 0. The molecule has 1 radical (unpaired) electrons. The molecule has 1 nitrogen and oxygen atoms in total. The highest BCUT2D eigenvalue weighted by Gasteiger charge is 2.07. The minimum absolute atomic E-state index is 1.03. The van der Waals surface area contributed by atoms with E-state index in [0.717, 1.165) is 11.1 Å². The largest absolute Gasteiger partial charge is 0.256 e. The molecule has 0 saturated carbocycles. The van der Waals surface area contributed by atoms with Crippen molar-refractivity contribution >= 4 is 21.7 Å². The van der Waals surface area contributed by atoms with Crippen LogP contribution in [0, 0.1) is 6.07 Å². The molecule has 1 heterocycles. The molecule has 4 aromatic rings. The van der Waals surface area contributed by atoms with E-state index in [1.165, 1.54) is 21.7 Å². The number of para-hydroxylation sites is 1. The Bertz CT molecular complexity index is 895. The van der Waals surface area contributed by atoms with Crippen LogP contribution in [0.1, 0.15) is 0 Å². The van der Waals surface area contributed by atoms with Gasteiger partial charge in [0.1, 0.15) is 0 Å². The van der Waals surface area contributed by atoms with Gasteiger partial charge in [-0.3, -0.25) is 4.98 Å². The Morgan fingerprint density at radius 3 is 2.60 bits per heavy atom. The average Bonchev–Trinajstić information content (AvgIpc) is 2.55. The van der Waals surface area contributed by atoms with Crippen LogP contribution in [0.4, 0.5) is 0 Å². The molecule has 1 heteroatoms. The predicted octanol–water partition coefficient (Wildman–Crippen LogP) is 4.86. The van der Waals surface area contributed by atoms with Gasteiger partial charge in [-0.2, -0.15) is 0 Å². The van der Waals surface area contributed by atoms with E-state index in [0.29, 0.717) is 0 Å². The van der Waals surface area contributed by atoms with Gasteiger partial charge in [-0.05, 0) is 23.3 Å². The molecular weight excluding hydrogens is 242 g/mol. The Morgan fingerprint density at radius 1 is 0.800 bits per heavy atom. The molecule has 4 rings (SSSR count). The van der Waals surface area contributed by atoms with E-state index in [1.807, 2.05) is 30.5 Å². The zero-order valence-electron chi connectivity index (χ0n) is 10.9. The first-order valence-electron chi connectivity index (χ1n) is 6.67. The van der Waals surface area contributed by atoms with Crippen molar-refractivity contribution in [2.75, 3.05) is 0 Å². The van der Waals surface area contributed by atoms with Crippen molar-refractivity contribution in [3.05, 3.63) is 79.0 Å². The summed E-state index contributed by atoms with van der Waals surface area (Å²) in [5, 5.41) is 3.61. The monoisotopic (exact) mass is 254 g/mol. The maximum Gasteiger partial charge on any atom is 0.0708 e. The Labute approximate surface area is 117 Å². The molecule has 0 fully saturated rings. The SMILES string of the molecule is [c]1ccccc1-c1cccc2cnc3ccccc3c12. The highest BCUT2D eigenvalue weighted by Crippen LogP contribution is 2.32. The van der Waals surface area contributed by atoms with Gasteiger partial charge in [-0.15, -0.1) is 0 Å². The quantitative estimate of drug-likeness (QED) is 0.442. The number of pyridine rings is 1. The normalized spacial score (nSPS) is 11.0. The van der Waals surface area contributed by atoms with Crippen molar-refractivity contribution in [3.63, 3.8) is 0 Å². The Hall–Kier alpha value is -2.67. The van der Waals surface area contributed by atoms with Gasteiger partial charge in [0.25, 0.3) is 0 Å². The van der Waals surface area contributed by atoms with Crippen molar-refractivity contribution in [2.45, 2.75) is 0 Å². The summed E-state index contributed by atoms with van der Waals surface area (Å²) >= 11 is 0. The van der Waals surface area contributed by atoms with Crippen LogP contribution in [0.2, 0.25) is 0 Å². The average molecular weight is 254 g/mol. The Morgan fingerprint density at radius 2 is 1.70 bits per heavy atom. The van der Waals surface area contributed by atoms with E-state index < -0.39 is 0 Å². The van der Waals surface area contributed by atoms with Gasteiger partial charge in [0.05, 0.1) is 5.52 Å². The molecule has 0 amide bonds. The number of hydrogen-bond acceptors (Lipinski definition) is 1. The molecule has 0 aliphatic rings. The second-order valence-electron chi connectivity index (χ2n) is 4.82. The van der Waals surface area contributed by atoms with Crippen LogP contribution in [0.3, 0.4) is 0 Å². The van der Waals surface area contributed by atoms with E-state index in [2.05, 4.69) is 53.5 Å². The smallest absolute Gasteiger partial charge is 0.0708 e. The Kier molecular flexibility index (Phi) is 2.49. The second kappa shape index (κ2) is 4.46. The fourth-order valence-corrected chi connectivity index (χ4v) is 2.70. The molecular formula is C19H12N.